The number of amides is 1. The maximum absolute atomic E-state index is 11.8. The molecule has 3 nitrogen and oxygen atoms in total. The normalized spacial score (nSPS) is 13.6. The van der Waals surface area contributed by atoms with Gasteiger partial charge in [0.05, 0.1) is 6.07 Å². The Balaban J connectivity index is 2.79. The van der Waals surface area contributed by atoms with Crippen LogP contribution in [0.3, 0.4) is 0 Å². The van der Waals surface area contributed by atoms with Gasteiger partial charge in [-0.25, -0.2) is 0 Å². The molecule has 1 rings (SSSR count). The number of nitrogens with one attached hydrogen (secondary N) is 1. The molecule has 84 valence electrons. The molecule has 0 fully saturated rings. The fraction of sp³-hybridized carbons (Fsp3) is 0.333. The highest BCUT2D eigenvalue weighted by Gasteiger charge is 2.31. The van der Waals surface area contributed by atoms with Crippen LogP contribution in [0, 0.1) is 20.3 Å². The van der Waals surface area contributed by atoms with Crippen molar-refractivity contribution in [1.29, 1.82) is 5.26 Å². The van der Waals surface area contributed by atoms with Gasteiger partial charge < -0.3 is 5.32 Å². The summed E-state index contributed by atoms with van der Waals surface area (Å²) in [5.41, 5.74) is -0.233. The Morgan fingerprint density at radius 3 is 2.50 bits per heavy atom. The van der Waals surface area contributed by atoms with Crippen LogP contribution in [0.25, 0.3) is 0 Å². The number of halogens is 1. The van der Waals surface area contributed by atoms with E-state index in [2.05, 4.69) is 27.9 Å². The minimum absolute atomic E-state index is 0.251. The third-order valence-corrected chi connectivity index (χ3v) is 3.28. The Hall–Kier alpha value is -1.09. The van der Waals surface area contributed by atoms with E-state index in [0.717, 1.165) is 9.26 Å². The molecule has 1 amide bonds. The number of carbonyl (C=O) groups is 1. The summed E-state index contributed by atoms with van der Waals surface area (Å²) in [5, 5.41) is 11.7. The van der Waals surface area contributed by atoms with E-state index >= 15 is 0 Å². The van der Waals surface area contributed by atoms with E-state index in [0.29, 0.717) is 6.42 Å². The molecule has 1 aromatic carbocycles. The smallest absolute Gasteiger partial charge is 0.244 e. The molecular formula is C12H13IN2O. The number of nitriles is 1. The Morgan fingerprint density at radius 1 is 1.50 bits per heavy atom. The van der Waals surface area contributed by atoms with Gasteiger partial charge >= 0.3 is 0 Å². The predicted octanol–water partition coefficient (Wildman–Crippen LogP) is 3.17. The van der Waals surface area contributed by atoms with Crippen molar-refractivity contribution in [3.63, 3.8) is 0 Å². The topological polar surface area (TPSA) is 52.9 Å². The lowest BCUT2D eigenvalue weighted by Gasteiger charge is -2.18. The van der Waals surface area contributed by atoms with Crippen molar-refractivity contribution in [1.82, 2.24) is 0 Å². The molecule has 0 bridgehead atoms. The summed E-state index contributed by atoms with van der Waals surface area (Å²) in [4.78, 5) is 11.8. The third-order valence-electron chi connectivity index (χ3n) is 2.56. The number of hydrogen-bond acceptors (Lipinski definition) is 2. The summed E-state index contributed by atoms with van der Waals surface area (Å²) in [7, 11) is 0. The predicted molar refractivity (Wildman–Crippen MR) is 71.8 cm³/mol. The van der Waals surface area contributed by atoms with Crippen LogP contribution >= 0.6 is 22.6 Å². The maximum atomic E-state index is 11.8. The Bertz CT molecular complexity index is 422. The largest absolute Gasteiger partial charge is 0.325 e. The molecule has 0 radical (unpaired) electrons. The second-order valence-corrected chi connectivity index (χ2v) is 5.00. The molecule has 4 heteroatoms. The van der Waals surface area contributed by atoms with Crippen molar-refractivity contribution in [2.45, 2.75) is 20.3 Å². The highest BCUT2D eigenvalue weighted by Crippen LogP contribution is 2.22. The van der Waals surface area contributed by atoms with Gasteiger partial charge in [-0.3, -0.25) is 4.79 Å². The highest BCUT2D eigenvalue weighted by molar-refractivity contribution is 14.1. The van der Waals surface area contributed by atoms with Gasteiger partial charge in [-0.15, -0.1) is 0 Å². The van der Waals surface area contributed by atoms with Crippen molar-refractivity contribution >= 4 is 34.2 Å². The first-order chi connectivity index (χ1) is 7.51. The van der Waals surface area contributed by atoms with Crippen molar-refractivity contribution in [2.75, 3.05) is 5.32 Å². The van der Waals surface area contributed by atoms with Crippen LogP contribution in [-0.2, 0) is 4.79 Å². The number of nitrogens with zero attached hydrogens (tertiary/aromatic N) is 1. The molecule has 0 aromatic heterocycles. The SMILES string of the molecule is CCC(C)(C#N)C(=O)Nc1ccc(I)cc1. The highest BCUT2D eigenvalue weighted by atomic mass is 127. The molecule has 0 spiro atoms. The number of carbonyl (C=O) groups excluding carboxylic acids is 1. The number of anilines is 1. The summed E-state index contributed by atoms with van der Waals surface area (Å²) in [6, 6.07) is 9.52. The summed E-state index contributed by atoms with van der Waals surface area (Å²) in [6.07, 6.45) is 0.500. The van der Waals surface area contributed by atoms with Crippen LogP contribution in [0.4, 0.5) is 5.69 Å². The quantitative estimate of drug-likeness (QED) is 0.867. The summed E-state index contributed by atoms with van der Waals surface area (Å²) < 4.78 is 1.11. The molecule has 0 heterocycles. The second kappa shape index (κ2) is 5.30. The van der Waals surface area contributed by atoms with Crippen LogP contribution in [-0.4, -0.2) is 5.91 Å². The minimum atomic E-state index is -0.955. The first-order valence-corrected chi connectivity index (χ1v) is 6.08. The van der Waals surface area contributed by atoms with E-state index in [1.807, 2.05) is 37.3 Å². The van der Waals surface area contributed by atoms with Crippen LogP contribution in [0.15, 0.2) is 24.3 Å². The molecule has 0 saturated carbocycles. The third kappa shape index (κ3) is 2.95. The number of benzene rings is 1. The second-order valence-electron chi connectivity index (χ2n) is 3.76. The van der Waals surface area contributed by atoms with E-state index in [9.17, 15) is 4.79 Å². The van der Waals surface area contributed by atoms with E-state index in [1.54, 1.807) is 6.92 Å². The number of hydrogen-bond donors (Lipinski definition) is 1. The average molecular weight is 328 g/mol. The molecular weight excluding hydrogens is 315 g/mol. The lowest BCUT2D eigenvalue weighted by atomic mass is 9.88. The van der Waals surface area contributed by atoms with Gasteiger partial charge in [-0.1, -0.05) is 6.92 Å². The van der Waals surface area contributed by atoms with Gasteiger partial charge in [-0.2, -0.15) is 5.26 Å². The molecule has 0 aliphatic heterocycles. The van der Waals surface area contributed by atoms with Crippen LogP contribution in [0.5, 0.6) is 0 Å². The molecule has 0 aliphatic rings. The van der Waals surface area contributed by atoms with Crippen LogP contribution < -0.4 is 5.32 Å². The van der Waals surface area contributed by atoms with Crippen molar-refractivity contribution < 1.29 is 4.79 Å². The fourth-order valence-electron chi connectivity index (χ4n) is 1.09. The van der Waals surface area contributed by atoms with Gasteiger partial charge in [0.15, 0.2) is 0 Å². The Labute approximate surface area is 109 Å². The summed E-state index contributed by atoms with van der Waals surface area (Å²) in [5.74, 6) is -0.251. The first-order valence-electron chi connectivity index (χ1n) is 5.00. The molecule has 1 aromatic rings. The molecule has 0 aliphatic carbocycles. The van der Waals surface area contributed by atoms with Gasteiger partial charge in [0.25, 0.3) is 0 Å². The number of rotatable bonds is 3. The van der Waals surface area contributed by atoms with Gasteiger partial charge in [0.1, 0.15) is 5.41 Å². The van der Waals surface area contributed by atoms with Gasteiger partial charge in [0.2, 0.25) is 5.91 Å². The molecule has 0 saturated heterocycles. The van der Waals surface area contributed by atoms with Crippen LogP contribution in [0.2, 0.25) is 0 Å². The molecule has 1 atom stereocenters. The molecule has 1 N–H and O–H groups in total. The Morgan fingerprint density at radius 2 is 2.06 bits per heavy atom. The summed E-state index contributed by atoms with van der Waals surface area (Å²) in [6.45, 7) is 3.48. The zero-order chi connectivity index (χ0) is 12.2. The van der Waals surface area contributed by atoms with Crippen molar-refractivity contribution in [3.05, 3.63) is 27.8 Å². The van der Waals surface area contributed by atoms with E-state index in [4.69, 9.17) is 5.26 Å². The van der Waals surface area contributed by atoms with E-state index in [1.165, 1.54) is 0 Å². The van der Waals surface area contributed by atoms with Crippen molar-refractivity contribution in [2.24, 2.45) is 5.41 Å². The first kappa shape index (κ1) is 13.0. The van der Waals surface area contributed by atoms with Gasteiger partial charge in [0, 0.05) is 9.26 Å². The molecule has 1 unspecified atom stereocenters. The van der Waals surface area contributed by atoms with Crippen LogP contribution in [0.1, 0.15) is 20.3 Å². The fourth-order valence-corrected chi connectivity index (χ4v) is 1.45. The van der Waals surface area contributed by atoms with E-state index in [-0.39, 0.29) is 5.91 Å². The minimum Gasteiger partial charge on any atom is -0.325 e. The zero-order valence-electron chi connectivity index (χ0n) is 9.25. The maximum Gasteiger partial charge on any atom is 0.244 e. The lowest BCUT2D eigenvalue weighted by Crippen LogP contribution is -2.31. The monoisotopic (exact) mass is 328 g/mol. The lowest BCUT2D eigenvalue weighted by molar-refractivity contribution is -0.122. The Kier molecular flexibility index (Phi) is 4.30. The van der Waals surface area contributed by atoms with Crippen molar-refractivity contribution in [3.8, 4) is 6.07 Å². The van der Waals surface area contributed by atoms with E-state index < -0.39 is 5.41 Å². The average Bonchev–Trinajstić information content (AvgIpc) is 2.31. The van der Waals surface area contributed by atoms with Gasteiger partial charge in [-0.05, 0) is 60.2 Å². The zero-order valence-corrected chi connectivity index (χ0v) is 11.4. The molecule has 16 heavy (non-hydrogen) atoms. The standard InChI is InChI=1S/C12H13IN2O/c1-3-12(2,8-14)11(16)15-10-6-4-9(13)5-7-10/h4-7H,3H2,1-2H3,(H,15,16). The summed E-state index contributed by atoms with van der Waals surface area (Å²) >= 11 is 2.20.